The van der Waals surface area contributed by atoms with Crippen LogP contribution in [-0.4, -0.2) is 43.2 Å². The van der Waals surface area contributed by atoms with E-state index in [0.717, 1.165) is 35.4 Å². The van der Waals surface area contributed by atoms with Crippen molar-refractivity contribution in [2.45, 2.75) is 26.3 Å². The summed E-state index contributed by atoms with van der Waals surface area (Å²) in [6.07, 6.45) is 3.00. The first-order valence-electron chi connectivity index (χ1n) is 7.52. The molecule has 0 amide bonds. The van der Waals surface area contributed by atoms with Crippen LogP contribution in [0.15, 0.2) is 30.5 Å². The number of methoxy groups -OCH3 is 1. The van der Waals surface area contributed by atoms with Gasteiger partial charge in [0.2, 0.25) is 0 Å². The van der Waals surface area contributed by atoms with Crippen molar-refractivity contribution in [1.29, 1.82) is 0 Å². The van der Waals surface area contributed by atoms with Gasteiger partial charge in [-0.2, -0.15) is 0 Å². The molecule has 0 aliphatic rings. The number of pyridine rings is 1. The number of benzene rings is 1. The van der Waals surface area contributed by atoms with Gasteiger partial charge in [-0.05, 0) is 39.1 Å². The minimum absolute atomic E-state index is 0.346. The number of aromatic nitrogens is 1. The monoisotopic (exact) mass is 287 g/mol. The van der Waals surface area contributed by atoms with E-state index >= 15 is 0 Å². The number of hydrogen-bond acceptors (Lipinski definition) is 4. The van der Waals surface area contributed by atoms with Crippen molar-refractivity contribution in [1.82, 2.24) is 9.88 Å². The summed E-state index contributed by atoms with van der Waals surface area (Å²) >= 11 is 0. The van der Waals surface area contributed by atoms with Gasteiger partial charge < -0.3 is 15.0 Å². The molecule has 1 aromatic heterocycles. The van der Waals surface area contributed by atoms with Gasteiger partial charge in [0.15, 0.2) is 0 Å². The lowest BCUT2D eigenvalue weighted by molar-refractivity contribution is 0.324. The normalized spacial score (nSPS) is 12.6. The van der Waals surface area contributed by atoms with Gasteiger partial charge in [-0.25, -0.2) is 0 Å². The predicted molar refractivity (Wildman–Crippen MR) is 89.2 cm³/mol. The Bertz CT molecular complexity index is 585. The molecule has 0 saturated heterocycles. The maximum atomic E-state index is 5.39. The molecule has 0 aliphatic carbocycles. The van der Waals surface area contributed by atoms with Crippen LogP contribution in [0.1, 0.15) is 20.3 Å². The van der Waals surface area contributed by atoms with Crippen molar-refractivity contribution in [2.24, 2.45) is 0 Å². The number of likely N-dealkylation sites (N-methyl/N-ethyl adjacent to an activating group) is 1. The molecule has 1 heterocycles. The summed E-state index contributed by atoms with van der Waals surface area (Å²) in [6, 6.07) is 8.39. The predicted octanol–water partition coefficient (Wildman–Crippen LogP) is 3.39. The Morgan fingerprint density at radius 2 is 2.19 bits per heavy atom. The van der Waals surface area contributed by atoms with Gasteiger partial charge in [0.25, 0.3) is 0 Å². The molecule has 1 aromatic carbocycles. The zero-order valence-electron chi connectivity index (χ0n) is 13.4. The summed E-state index contributed by atoms with van der Waals surface area (Å²) in [7, 11) is 3.85. The molecule has 2 aromatic rings. The fourth-order valence-corrected chi connectivity index (χ4v) is 2.64. The molecule has 2 rings (SSSR count). The van der Waals surface area contributed by atoms with E-state index in [-0.39, 0.29) is 0 Å². The van der Waals surface area contributed by atoms with Gasteiger partial charge in [0.1, 0.15) is 5.75 Å². The first-order chi connectivity index (χ1) is 10.1. The molecule has 0 aliphatic heterocycles. The van der Waals surface area contributed by atoms with Crippen molar-refractivity contribution < 1.29 is 4.74 Å². The summed E-state index contributed by atoms with van der Waals surface area (Å²) in [5, 5.41) is 4.66. The minimum atomic E-state index is 0.346. The van der Waals surface area contributed by atoms with E-state index in [0.29, 0.717) is 6.04 Å². The maximum absolute atomic E-state index is 5.39. The van der Waals surface area contributed by atoms with Crippen LogP contribution in [0.2, 0.25) is 0 Å². The summed E-state index contributed by atoms with van der Waals surface area (Å²) in [6.45, 7) is 6.51. The third-order valence-electron chi connectivity index (χ3n) is 3.51. The van der Waals surface area contributed by atoms with Crippen LogP contribution >= 0.6 is 0 Å². The average molecular weight is 287 g/mol. The second kappa shape index (κ2) is 7.27. The Morgan fingerprint density at radius 1 is 1.38 bits per heavy atom. The van der Waals surface area contributed by atoms with Crippen LogP contribution in [0.3, 0.4) is 0 Å². The fourth-order valence-electron chi connectivity index (χ4n) is 2.64. The van der Waals surface area contributed by atoms with E-state index in [9.17, 15) is 0 Å². The van der Waals surface area contributed by atoms with Gasteiger partial charge >= 0.3 is 0 Å². The van der Waals surface area contributed by atoms with Gasteiger partial charge in [0.05, 0.1) is 18.3 Å². The highest BCUT2D eigenvalue weighted by atomic mass is 16.5. The molecule has 21 heavy (non-hydrogen) atoms. The van der Waals surface area contributed by atoms with Gasteiger partial charge in [-0.1, -0.05) is 13.0 Å². The van der Waals surface area contributed by atoms with E-state index < -0.39 is 0 Å². The molecule has 0 bridgehead atoms. The zero-order valence-corrected chi connectivity index (χ0v) is 13.4. The van der Waals surface area contributed by atoms with Crippen molar-refractivity contribution in [2.75, 3.05) is 32.6 Å². The van der Waals surface area contributed by atoms with Crippen LogP contribution in [0.25, 0.3) is 10.9 Å². The second-order valence-corrected chi connectivity index (χ2v) is 5.56. The summed E-state index contributed by atoms with van der Waals surface area (Å²) < 4.78 is 5.39. The standard InChI is InChI=1S/C17H25N3O/c1-5-9-20(3)12-13(2)19-16-11-15(21-4)10-14-7-6-8-18-17(14)16/h6-8,10-11,13,19H,5,9,12H2,1-4H3/t13-/m1/s1. The Kier molecular flexibility index (Phi) is 5.39. The number of anilines is 1. The summed E-state index contributed by atoms with van der Waals surface area (Å²) in [4.78, 5) is 6.83. The molecular formula is C17H25N3O. The Balaban J connectivity index is 2.20. The van der Waals surface area contributed by atoms with Crippen molar-refractivity contribution in [3.8, 4) is 5.75 Å². The highest BCUT2D eigenvalue weighted by molar-refractivity contribution is 5.91. The fraction of sp³-hybridized carbons (Fsp3) is 0.471. The van der Waals surface area contributed by atoms with E-state index in [1.165, 1.54) is 6.42 Å². The lowest BCUT2D eigenvalue weighted by Gasteiger charge is -2.23. The second-order valence-electron chi connectivity index (χ2n) is 5.56. The third-order valence-corrected chi connectivity index (χ3v) is 3.51. The molecule has 1 atom stereocenters. The molecule has 0 saturated carbocycles. The lowest BCUT2D eigenvalue weighted by atomic mass is 10.1. The highest BCUT2D eigenvalue weighted by Crippen LogP contribution is 2.28. The number of fused-ring (bicyclic) bond motifs is 1. The van der Waals surface area contributed by atoms with Crippen molar-refractivity contribution in [3.63, 3.8) is 0 Å². The average Bonchev–Trinajstić information content (AvgIpc) is 2.47. The summed E-state index contributed by atoms with van der Waals surface area (Å²) in [5.41, 5.74) is 2.02. The first-order valence-corrected chi connectivity index (χ1v) is 7.52. The zero-order chi connectivity index (χ0) is 15.2. The Labute approximate surface area is 127 Å². The number of hydrogen-bond donors (Lipinski definition) is 1. The molecule has 4 nitrogen and oxygen atoms in total. The molecule has 0 spiro atoms. The van der Waals surface area contributed by atoms with Crippen molar-refractivity contribution in [3.05, 3.63) is 30.5 Å². The van der Waals surface area contributed by atoms with E-state index in [4.69, 9.17) is 4.74 Å². The van der Waals surface area contributed by atoms with Gasteiger partial charge in [-0.3, -0.25) is 4.98 Å². The largest absolute Gasteiger partial charge is 0.497 e. The molecule has 4 heteroatoms. The van der Waals surface area contributed by atoms with Gasteiger partial charge in [0, 0.05) is 30.2 Å². The van der Waals surface area contributed by atoms with Crippen LogP contribution in [0, 0.1) is 0 Å². The van der Waals surface area contributed by atoms with Gasteiger partial charge in [-0.15, -0.1) is 0 Å². The number of nitrogens with one attached hydrogen (secondary N) is 1. The van der Waals surface area contributed by atoms with E-state index in [1.807, 2.05) is 24.4 Å². The van der Waals surface area contributed by atoms with Crippen LogP contribution < -0.4 is 10.1 Å². The smallest absolute Gasteiger partial charge is 0.121 e. The Morgan fingerprint density at radius 3 is 2.90 bits per heavy atom. The third kappa shape index (κ3) is 4.08. The molecular weight excluding hydrogens is 262 g/mol. The first kappa shape index (κ1) is 15.6. The Hall–Kier alpha value is -1.81. The molecule has 0 radical (unpaired) electrons. The van der Waals surface area contributed by atoms with E-state index in [1.54, 1.807) is 7.11 Å². The molecule has 0 unspecified atom stereocenters. The van der Waals surface area contributed by atoms with Crippen LogP contribution in [0.4, 0.5) is 5.69 Å². The molecule has 114 valence electrons. The number of ether oxygens (including phenoxy) is 1. The summed E-state index contributed by atoms with van der Waals surface area (Å²) in [5.74, 6) is 0.854. The number of nitrogens with zero attached hydrogens (tertiary/aromatic N) is 2. The van der Waals surface area contributed by atoms with Crippen LogP contribution in [0.5, 0.6) is 5.75 Å². The van der Waals surface area contributed by atoms with Crippen LogP contribution in [-0.2, 0) is 0 Å². The van der Waals surface area contributed by atoms with Crippen molar-refractivity contribution >= 4 is 16.6 Å². The minimum Gasteiger partial charge on any atom is -0.497 e. The molecule has 1 N–H and O–H groups in total. The SMILES string of the molecule is CCCN(C)C[C@@H](C)Nc1cc(OC)cc2cccnc12. The maximum Gasteiger partial charge on any atom is 0.121 e. The van der Waals surface area contributed by atoms with E-state index in [2.05, 4.69) is 42.2 Å². The topological polar surface area (TPSA) is 37.4 Å². The quantitative estimate of drug-likeness (QED) is 0.847. The lowest BCUT2D eigenvalue weighted by Crippen LogP contribution is -2.32. The molecule has 0 fully saturated rings. The highest BCUT2D eigenvalue weighted by Gasteiger charge is 2.10. The number of rotatable bonds is 7.